The number of carbonyl (C=O) groups is 1. The number of fused-ring (bicyclic) bond motifs is 1. The standard InChI is InChI=1S/C16H22N4O2/c1-11(2)19-8-4-6-12(19)10-14-17-18-15-13(16(21)22-3)7-5-9-20(14)15/h5,7,9,11-12H,4,6,8,10H2,1-3H3. The van der Waals surface area contributed by atoms with Gasteiger partial charge in [0.25, 0.3) is 0 Å². The van der Waals surface area contributed by atoms with Crippen molar-refractivity contribution >= 4 is 11.6 Å². The smallest absolute Gasteiger partial charge is 0.341 e. The van der Waals surface area contributed by atoms with E-state index in [0.717, 1.165) is 18.8 Å². The van der Waals surface area contributed by atoms with Crippen molar-refractivity contribution in [2.75, 3.05) is 13.7 Å². The van der Waals surface area contributed by atoms with Crippen LogP contribution in [0.2, 0.25) is 0 Å². The molecule has 0 aromatic carbocycles. The van der Waals surface area contributed by atoms with Crippen LogP contribution in [0.25, 0.3) is 5.65 Å². The number of hydrogen-bond donors (Lipinski definition) is 0. The normalized spacial score (nSPS) is 19.2. The summed E-state index contributed by atoms with van der Waals surface area (Å²) in [4.78, 5) is 14.3. The van der Waals surface area contributed by atoms with Crippen LogP contribution in [-0.2, 0) is 11.2 Å². The van der Waals surface area contributed by atoms with Crippen LogP contribution < -0.4 is 0 Å². The van der Waals surface area contributed by atoms with Gasteiger partial charge in [0.1, 0.15) is 11.4 Å². The van der Waals surface area contributed by atoms with E-state index >= 15 is 0 Å². The van der Waals surface area contributed by atoms with Gasteiger partial charge in [-0.15, -0.1) is 10.2 Å². The first-order valence-electron chi connectivity index (χ1n) is 7.78. The second kappa shape index (κ2) is 6.04. The molecule has 0 N–H and O–H groups in total. The Labute approximate surface area is 130 Å². The van der Waals surface area contributed by atoms with Crippen LogP contribution in [0.5, 0.6) is 0 Å². The van der Waals surface area contributed by atoms with Crippen LogP contribution in [0.1, 0.15) is 42.9 Å². The minimum Gasteiger partial charge on any atom is -0.465 e. The molecular weight excluding hydrogens is 280 g/mol. The molecule has 6 nitrogen and oxygen atoms in total. The number of ether oxygens (including phenoxy) is 1. The Morgan fingerprint density at radius 2 is 2.27 bits per heavy atom. The fourth-order valence-electron chi connectivity index (χ4n) is 3.34. The maximum atomic E-state index is 11.8. The van der Waals surface area contributed by atoms with Gasteiger partial charge in [-0.3, -0.25) is 9.30 Å². The lowest BCUT2D eigenvalue weighted by molar-refractivity contribution is 0.0602. The SMILES string of the molecule is COC(=O)c1cccn2c(CC3CCCN3C(C)C)nnc12. The number of aromatic nitrogens is 3. The Morgan fingerprint density at radius 3 is 3.00 bits per heavy atom. The van der Waals surface area contributed by atoms with Gasteiger partial charge in [-0.2, -0.15) is 0 Å². The lowest BCUT2D eigenvalue weighted by Crippen LogP contribution is -2.37. The number of nitrogens with zero attached hydrogens (tertiary/aromatic N) is 4. The van der Waals surface area contributed by atoms with Gasteiger partial charge in [0.05, 0.1) is 7.11 Å². The maximum absolute atomic E-state index is 11.8. The van der Waals surface area contributed by atoms with Crippen molar-refractivity contribution in [3.63, 3.8) is 0 Å². The van der Waals surface area contributed by atoms with Gasteiger partial charge in [0, 0.05) is 24.7 Å². The number of pyridine rings is 1. The maximum Gasteiger partial charge on any atom is 0.341 e. The zero-order valence-corrected chi connectivity index (χ0v) is 13.3. The van der Waals surface area contributed by atoms with Gasteiger partial charge < -0.3 is 4.74 Å². The molecular formula is C16H22N4O2. The van der Waals surface area contributed by atoms with Gasteiger partial charge in [0.2, 0.25) is 0 Å². The molecule has 0 amide bonds. The average Bonchev–Trinajstić information content (AvgIpc) is 3.14. The summed E-state index contributed by atoms with van der Waals surface area (Å²) in [6.45, 7) is 5.61. The van der Waals surface area contributed by atoms with Crippen LogP contribution in [0, 0.1) is 0 Å². The van der Waals surface area contributed by atoms with Crippen molar-refractivity contribution in [1.29, 1.82) is 0 Å². The highest BCUT2D eigenvalue weighted by molar-refractivity contribution is 5.95. The van der Waals surface area contributed by atoms with E-state index in [1.807, 2.05) is 16.7 Å². The molecule has 3 heterocycles. The molecule has 6 heteroatoms. The molecule has 2 aromatic heterocycles. The van der Waals surface area contributed by atoms with Crippen LogP contribution in [0.3, 0.4) is 0 Å². The third-order valence-electron chi connectivity index (χ3n) is 4.41. The summed E-state index contributed by atoms with van der Waals surface area (Å²) in [5.74, 6) is 0.521. The highest BCUT2D eigenvalue weighted by Gasteiger charge is 2.28. The molecule has 1 unspecified atom stereocenters. The summed E-state index contributed by atoms with van der Waals surface area (Å²) in [6.07, 6.45) is 5.17. The molecule has 0 bridgehead atoms. The third-order valence-corrected chi connectivity index (χ3v) is 4.41. The van der Waals surface area contributed by atoms with Gasteiger partial charge in [-0.1, -0.05) is 0 Å². The first-order chi connectivity index (χ1) is 10.6. The second-order valence-electron chi connectivity index (χ2n) is 6.06. The van der Waals surface area contributed by atoms with Gasteiger partial charge >= 0.3 is 5.97 Å². The minimum atomic E-state index is -0.380. The van der Waals surface area contributed by atoms with Crippen LogP contribution >= 0.6 is 0 Å². The van der Waals surface area contributed by atoms with Crippen molar-refractivity contribution < 1.29 is 9.53 Å². The molecule has 0 aliphatic carbocycles. The molecule has 0 radical (unpaired) electrons. The molecule has 22 heavy (non-hydrogen) atoms. The Kier molecular flexibility index (Phi) is 4.11. The lowest BCUT2D eigenvalue weighted by atomic mass is 10.1. The van der Waals surface area contributed by atoms with Gasteiger partial charge in [-0.05, 0) is 45.4 Å². The van der Waals surface area contributed by atoms with Crippen molar-refractivity contribution in [3.8, 4) is 0 Å². The largest absolute Gasteiger partial charge is 0.465 e. The number of hydrogen-bond acceptors (Lipinski definition) is 5. The summed E-state index contributed by atoms with van der Waals surface area (Å²) in [7, 11) is 1.38. The van der Waals surface area contributed by atoms with Crippen LogP contribution in [0.4, 0.5) is 0 Å². The predicted octanol–water partition coefficient (Wildman–Crippen LogP) is 1.93. The van der Waals surface area contributed by atoms with Gasteiger partial charge in [0.15, 0.2) is 5.65 Å². The van der Waals surface area contributed by atoms with E-state index in [0.29, 0.717) is 23.3 Å². The van der Waals surface area contributed by atoms with E-state index in [1.165, 1.54) is 20.0 Å². The number of methoxy groups -OCH3 is 1. The van der Waals surface area contributed by atoms with E-state index in [4.69, 9.17) is 4.74 Å². The molecule has 1 aliphatic rings. The summed E-state index contributed by atoms with van der Waals surface area (Å²) in [5, 5.41) is 8.50. The zero-order chi connectivity index (χ0) is 15.7. The molecule has 1 atom stereocenters. The molecule has 0 saturated carbocycles. The van der Waals surface area contributed by atoms with Crippen molar-refractivity contribution in [2.24, 2.45) is 0 Å². The highest BCUT2D eigenvalue weighted by atomic mass is 16.5. The first-order valence-corrected chi connectivity index (χ1v) is 7.78. The lowest BCUT2D eigenvalue weighted by Gasteiger charge is -2.27. The van der Waals surface area contributed by atoms with Gasteiger partial charge in [-0.25, -0.2) is 4.79 Å². The Morgan fingerprint density at radius 1 is 1.45 bits per heavy atom. The van der Waals surface area contributed by atoms with Crippen LogP contribution in [0.15, 0.2) is 18.3 Å². The molecule has 118 valence electrons. The van der Waals surface area contributed by atoms with E-state index in [1.54, 1.807) is 6.07 Å². The number of rotatable bonds is 4. The Balaban J connectivity index is 1.91. The Hall–Kier alpha value is -1.95. The van der Waals surface area contributed by atoms with E-state index in [9.17, 15) is 4.79 Å². The zero-order valence-electron chi connectivity index (χ0n) is 13.3. The minimum absolute atomic E-state index is 0.380. The van der Waals surface area contributed by atoms with Crippen molar-refractivity contribution in [3.05, 3.63) is 29.7 Å². The van der Waals surface area contributed by atoms with Crippen LogP contribution in [-0.4, -0.2) is 51.2 Å². The number of likely N-dealkylation sites (tertiary alicyclic amines) is 1. The van der Waals surface area contributed by atoms with Crippen molar-refractivity contribution in [2.45, 2.75) is 45.2 Å². The van der Waals surface area contributed by atoms with Crippen molar-refractivity contribution in [1.82, 2.24) is 19.5 Å². The molecule has 1 aliphatic heterocycles. The summed E-state index contributed by atoms with van der Waals surface area (Å²) in [5.41, 5.74) is 1.02. The van der Waals surface area contributed by atoms with E-state index in [-0.39, 0.29) is 5.97 Å². The second-order valence-corrected chi connectivity index (χ2v) is 6.06. The molecule has 2 aromatic rings. The number of carbonyl (C=O) groups excluding carboxylic acids is 1. The monoisotopic (exact) mass is 302 g/mol. The Bertz CT molecular complexity index is 680. The highest BCUT2D eigenvalue weighted by Crippen LogP contribution is 2.23. The quantitative estimate of drug-likeness (QED) is 0.808. The molecule has 0 spiro atoms. The summed E-state index contributed by atoms with van der Waals surface area (Å²) < 4.78 is 6.71. The average molecular weight is 302 g/mol. The third kappa shape index (κ3) is 2.59. The topological polar surface area (TPSA) is 59.7 Å². The summed E-state index contributed by atoms with van der Waals surface area (Å²) >= 11 is 0. The van der Waals surface area contributed by atoms with E-state index in [2.05, 4.69) is 28.9 Å². The summed E-state index contributed by atoms with van der Waals surface area (Å²) in [6, 6.07) is 4.59. The molecule has 1 fully saturated rings. The first kappa shape index (κ1) is 15.0. The predicted molar refractivity (Wildman–Crippen MR) is 82.9 cm³/mol. The molecule has 1 saturated heterocycles. The molecule has 3 rings (SSSR count). The number of esters is 1. The fraction of sp³-hybridized carbons (Fsp3) is 0.562. The fourth-order valence-corrected chi connectivity index (χ4v) is 3.34. The van der Waals surface area contributed by atoms with E-state index < -0.39 is 0 Å².